The Labute approximate surface area is 173 Å². The molecule has 1 aromatic rings. The van der Waals surface area contributed by atoms with Crippen LogP contribution in [-0.2, 0) is 11.3 Å². The zero-order valence-electron chi connectivity index (χ0n) is 16.0. The fourth-order valence-corrected chi connectivity index (χ4v) is 2.91. The number of halogens is 1. The van der Waals surface area contributed by atoms with Gasteiger partial charge in [0.1, 0.15) is 5.75 Å². The molecule has 1 atom stereocenters. The van der Waals surface area contributed by atoms with Crippen molar-refractivity contribution in [2.24, 2.45) is 4.99 Å². The van der Waals surface area contributed by atoms with E-state index in [1.54, 1.807) is 0 Å². The molecule has 0 aromatic heterocycles. The Morgan fingerprint density at radius 2 is 2.15 bits per heavy atom. The zero-order valence-corrected chi connectivity index (χ0v) is 18.3. The van der Waals surface area contributed by atoms with Gasteiger partial charge in [-0.25, -0.2) is 4.99 Å². The summed E-state index contributed by atoms with van der Waals surface area (Å²) in [5, 5.41) is 6.73. The highest BCUT2D eigenvalue weighted by molar-refractivity contribution is 14.0. The average Bonchev–Trinajstić information content (AvgIpc) is 3.08. The van der Waals surface area contributed by atoms with Gasteiger partial charge in [-0.05, 0) is 38.0 Å². The summed E-state index contributed by atoms with van der Waals surface area (Å²) in [7, 11) is 0. The van der Waals surface area contributed by atoms with E-state index in [4.69, 9.17) is 4.74 Å². The molecule has 146 valence electrons. The van der Waals surface area contributed by atoms with Crippen LogP contribution in [0.4, 0.5) is 0 Å². The Hall–Kier alpha value is -1.51. The van der Waals surface area contributed by atoms with Gasteiger partial charge in [-0.15, -0.1) is 24.0 Å². The molecule has 26 heavy (non-hydrogen) atoms. The van der Waals surface area contributed by atoms with Gasteiger partial charge in [-0.2, -0.15) is 0 Å². The van der Waals surface area contributed by atoms with Crippen molar-refractivity contribution in [1.29, 1.82) is 0 Å². The minimum atomic E-state index is 0. The van der Waals surface area contributed by atoms with Gasteiger partial charge in [0.05, 0.1) is 13.2 Å². The van der Waals surface area contributed by atoms with E-state index < -0.39 is 0 Å². The van der Waals surface area contributed by atoms with Gasteiger partial charge in [0.2, 0.25) is 5.91 Å². The third-order valence-corrected chi connectivity index (χ3v) is 4.16. The fourth-order valence-electron chi connectivity index (χ4n) is 2.91. The second-order valence-corrected chi connectivity index (χ2v) is 6.10. The van der Waals surface area contributed by atoms with E-state index in [9.17, 15) is 4.79 Å². The van der Waals surface area contributed by atoms with Crippen LogP contribution < -0.4 is 15.4 Å². The monoisotopic (exact) mass is 474 g/mol. The highest BCUT2D eigenvalue weighted by Gasteiger charge is 2.25. The summed E-state index contributed by atoms with van der Waals surface area (Å²) in [6.07, 6.45) is 1.52. The maximum atomic E-state index is 11.8. The van der Waals surface area contributed by atoms with Crippen molar-refractivity contribution in [1.82, 2.24) is 15.5 Å². The molecular weight excluding hydrogens is 443 g/mol. The van der Waals surface area contributed by atoms with E-state index in [1.807, 2.05) is 43.0 Å². The average molecular weight is 474 g/mol. The van der Waals surface area contributed by atoms with Crippen molar-refractivity contribution in [3.8, 4) is 5.75 Å². The summed E-state index contributed by atoms with van der Waals surface area (Å²) in [4.78, 5) is 18.4. The SMILES string of the molecule is CCNC(=NCc1cccc(OCC)c1)NC1CCN(C(=O)CC)C1.I. The molecule has 7 heteroatoms. The molecule has 1 aliphatic rings. The summed E-state index contributed by atoms with van der Waals surface area (Å²) in [5.74, 6) is 1.89. The van der Waals surface area contributed by atoms with E-state index in [1.165, 1.54) is 0 Å². The molecule has 0 aliphatic carbocycles. The van der Waals surface area contributed by atoms with Crippen molar-refractivity contribution >= 4 is 35.8 Å². The molecule has 0 bridgehead atoms. The highest BCUT2D eigenvalue weighted by Crippen LogP contribution is 2.14. The quantitative estimate of drug-likeness (QED) is 0.363. The third-order valence-electron chi connectivity index (χ3n) is 4.16. The van der Waals surface area contributed by atoms with Gasteiger partial charge in [0.15, 0.2) is 5.96 Å². The number of likely N-dealkylation sites (tertiary alicyclic amines) is 1. The largest absolute Gasteiger partial charge is 0.494 e. The lowest BCUT2D eigenvalue weighted by molar-refractivity contribution is -0.129. The molecule has 2 rings (SSSR count). The predicted octanol–water partition coefficient (Wildman–Crippen LogP) is 2.77. The van der Waals surface area contributed by atoms with E-state index in [2.05, 4.69) is 22.5 Å². The Bertz CT molecular complexity index is 595. The minimum Gasteiger partial charge on any atom is -0.494 e. The lowest BCUT2D eigenvalue weighted by Crippen LogP contribution is -2.45. The van der Waals surface area contributed by atoms with Crippen LogP contribution in [0.15, 0.2) is 29.3 Å². The molecule has 1 fully saturated rings. The number of nitrogens with zero attached hydrogens (tertiary/aromatic N) is 2. The van der Waals surface area contributed by atoms with Crippen molar-refractivity contribution in [3.63, 3.8) is 0 Å². The van der Waals surface area contributed by atoms with Gasteiger partial charge < -0.3 is 20.3 Å². The van der Waals surface area contributed by atoms with Gasteiger partial charge in [-0.3, -0.25) is 4.79 Å². The first-order valence-electron chi connectivity index (χ1n) is 9.20. The van der Waals surface area contributed by atoms with Gasteiger partial charge in [0, 0.05) is 32.1 Å². The predicted molar refractivity (Wildman–Crippen MR) is 116 cm³/mol. The molecule has 1 aromatic carbocycles. The lowest BCUT2D eigenvalue weighted by atomic mass is 10.2. The summed E-state index contributed by atoms with van der Waals surface area (Å²) in [5.41, 5.74) is 1.11. The number of ether oxygens (including phenoxy) is 1. The normalized spacial score (nSPS) is 16.8. The first-order chi connectivity index (χ1) is 12.2. The smallest absolute Gasteiger partial charge is 0.222 e. The van der Waals surface area contributed by atoms with Crippen molar-refractivity contribution in [2.75, 3.05) is 26.2 Å². The Morgan fingerprint density at radius 3 is 2.85 bits per heavy atom. The van der Waals surface area contributed by atoms with E-state index in [-0.39, 0.29) is 35.9 Å². The number of rotatable bonds is 7. The van der Waals surface area contributed by atoms with Crippen LogP contribution >= 0.6 is 24.0 Å². The molecule has 6 nitrogen and oxygen atoms in total. The Kier molecular flexibility index (Phi) is 10.4. The summed E-state index contributed by atoms with van der Waals surface area (Å²) >= 11 is 0. The molecular formula is C19H31IN4O2. The van der Waals surface area contributed by atoms with E-state index in [0.29, 0.717) is 19.6 Å². The maximum Gasteiger partial charge on any atom is 0.222 e. The molecule has 0 spiro atoms. The van der Waals surface area contributed by atoms with Crippen molar-refractivity contribution < 1.29 is 9.53 Å². The lowest BCUT2D eigenvalue weighted by Gasteiger charge is -2.18. The third kappa shape index (κ3) is 7.01. The minimum absolute atomic E-state index is 0. The molecule has 1 unspecified atom stereocenters. The molecule has 1 saturated heterocycles. The Morgan fingerprint density at radius 1 is 1.35 bits per heavy atom. The van der Waals surface area contributed by atoms with Crippen LogP contribution in [0.1, 0.15) is 39.2 Å². The number of hydrogen-bond acceptors (Lipinski definition) is 3. The van der Waals surface area contributed by atoms with Crippen LogP contribution in [0.2, 0.25) is 0 Å². The number of guanidine groups is 1. The van der Waals surface area contributed by atoms with Crippen LogP contribution in [-0.4, -0.2) is 49.0 Å². The van der Waals surface area contributed by atoms with E-state index in [0.717, 1.165) is 43.3 Å². The van der Waals surface area contributed by atoms with Crippen molar-refractivity contribution in [3.05, 3.63) is 29.8 Å². The highest BCUT2D eigenvalue weighted by atomic mass is 127. The topological polar surface area (TPSA) is 66.0 Å². The zero-order chi connectivity index (χ0) is 18.1. The number of benzene rings is 1. The van der Waals surface area contributed by atoms with Gasteiger partial charge in [-0.1, -0.05) is 19.1 Å². The fraction of sp³-hybridized carbons (Fsp3) is 0.579. The van der Waals surface area contributed by atoms with Crippen LogP contribution in [0.25, 0.3) is 0 Å². The number of hydrogen-bond donors (Lipinski definition) is 2. The number of amides is 1. The summed E-state index contributed by atoms with van der Waals surface area (Å²) in [6, 6.07) is 8.27. The molecule has 0 radical (unpaired) electrons. The number of carbonyl (C=O) groups excluding carboxylic acids is 1. The first kappa shape index (κ1) is 22.5. The number of carbonyl (C=O) groups is 1. The maximum absolute atomic E-state index is 11.8. The van der Waals surface area contributed by atoms with Gasteiger partial charge >= 0.3 is 0 Å². The summed E-state index contributed by atoms with van der Waals surface area (Å²) < 4.78 is 5.54. The number of nitrogens with one attached hydrogen (secondary N) is 2. The molecule has 1 heterocycles. The van der Waals surface area contributed by atoms with Gasteiger partial charge in [0.25, 0.3) is 0 Å². The summed E-state index contributed by atoms with van der Waals surface area (Å²) in [6.45, 7) is 9.55. The molecule has 1 amide bonds. The van der Waals surface area contributed by atoms with Crippen LogP contribution in [0.5, 0.6) is 5.75 Å². The second kappa shape index (κ2) is 12.0. The van der Waals surface area contributed by atoms with Crippen LogP contribution in [0.3, 0.4) is 0 Å². The molecule has 2 N–H and O–H groups in total. The molecule has 1 aliphatic heterocycles. The molecule has 0 saturated carbocycles. The first-order valence-corrected chi connectivity index (χ1v) is 9.20. The number of aliphatic imine (C=N–C) groups is 1. The Balaban J connectivity index is 0.00000338. The van der Waals surface area contributed by atoms with E-state index >= 15 is 0 Å². The van der Waals surface area contributed by atoms with Crippen molar-refractivity contribution in [2.45, 2.75) is 46.2 Å². The van der Waals surface area contributed by atoms with Crippen LogP contribution in [0, 0.1) is 0 Å². The second-order valence-electron chi connectivity index (χ2n) is 6.10. The standard InChI is InChI=1S/C19H30N4O2.HI/c1-4-18(24)23-11-10-16(14-23)22-19(20-5-2)21-13-15-8-7-9-17(12-15)25-6-3;/h7-9,12,16H,4-6,10-11,13-14H2,1-3H3,(H2,20,21,22);1H.